The van der Waals surface area contributed by atoms with E-state index in [4.69, 9.17) is 33.2 Å². The van der Waals surface area contributed by atoms with Crippen molar-refractivity contribution in [2.45, 2.75) is 74.2 Å². The first kappa shape index (κ1) is 30.5. The SMILES string of the molecule is COCCOCCOCCOCCOCCOc1ccc2c3c1O[C@H]1[C@@H](O)CC[C@@]4(O)[C@@H](C2)N(CC2CCC2)CC[C@]314. The minimum atomic E-state index is -0.901. The topological polar surface area (TPSA) is 108 Å². The fraction of sp³-hybridized carbons (Fsp3) is 0.812. The zero-order valence-electron chi connectivity index (χ0n) is 25.1. The molecule has 1 aromatic rings. The molecule has 42 heavy (non-hydrogen) atoms. The van der Waals surface area contributed by atoms with Crippen LogP contribution < -0.4 is 9.47 Å². The molecule has 236 valence electrons. The molecule has 5 aliphatic rings. The van der Waals surface area contributed by atoms with Gasteiger partial charge < -0.3 is 43.4 Å². The number of aliphatic hydroxyl groups is 2. The Labute approximate surface area is 249 Å². The van der Waals surface area contributed by atoms with E-state index in [-0.39, 0.29) is 6.04 Å². The zero-order chi connectivity index (χ0) is 29.0. The van der Waals surface area contributed by atoms with Crippen LogP contribution in [0, 0.1) is 5.92 Å². The molecule has 10 nitrogen and oxygen atoms in total. The van der Waals surface area contributed by atoms with E-state index in [1.165, 1.54) is 24.8 Å². The summed E-state index contributed by atoms with van der Waals surface area (Å²) in [6.07, 6.45) is 5.67. The lowest BCUT2D eigenvalue weighted by Gasteiger charge is -2.64. The van der Waals surface area contributed by atoms with Gasteiger partial charge in [0.15, 0.2) is 11.5 Å². The van der Waals surface area contributed by atoms with Crippen LogP contribution in [0.1, 0.15) is 49.7 Å². The molecule has 2 saturated carbocycles. The number of aliphatic hydroxyl groups excluding tert-OH is 1. The van der Waals surface area contributed by atoms with Crippen molar-refractivity contribution < 1.29 is 43.4 Å². The number of hydrogen-bond donors (Lipinski definition) is 2. The molecular weight excluding hydrogens is 542 g/mol. The first-order chi connectivity index (χ1) is 20.6. The van der Waals surface area contributed by atoms with Crippen LogP contribution >= 0.6 is 0 Å². The molecule has 0 aromatic heterocycles. The minimum absolute atomic E-state index is 0.0675. The smallest absolute Gasteiger partial charge is 0.166 e. The lowest BCUT2D eigenvalue weighted by Crippen LogP contribution is -2.77. The first-order valence-corrected chi connectivity index (χ1v) is 16.0. The van der Waals surface area contributed by atoms with Gasteiger partial charge in [-0.25, -0.2) is 0 Å². The molecule has 2 heterocycles. The van der Waals surface area contributed by atoms with Crippen LogP contribution in [0.15, 0.2) is 12.1 Å². The average Bonchev–Trinajstić information content (AvgIpc) is 3.32. The van der Waals surface area contributed by atoms with Crippen molar-refractivity contribution in [3.63, 3.8) is 0 Å². The van der Waals surface area contributed by atoms with Gasteiger partial charge in [0.2, 0.25) is 0 Å². The van der Waals surface area contributed by atoms with E-state index in [2.05, 4.69) is 11.0 Å². The third-order valence-corrected chi connectivity index (χ3v) is 10.3. The summed E-state index contributed by atoms with van der Waals surface area (Å²) in [4.78, 5) is 2.56. The molecule has 5 atom stereocenters. The maximum Gasteiger partial charge on any atom is 0.166 e. The highest BCUT2D eigenvalue weighted by atomic mass is 16.6. The van der Waals surface area contributed by atoms with Crippen LogP contribution in [-0.4, -0.2) is 125 Å². The maximum absolute atomic E-state index is 12.5. The quantitative estimate of drug-likeness (QED) is 0.247. The lowest BCUT2D eigenvalue weighted by atomic mass is 9.48. The van der Waals surface area contributed by atoms with Gasteiger partial charge in [0.05, 0.1) is 76.6 Å². The Hall–Kier alpha value is -1.50. The predicted molar refractivity (Wildman–Crippen MR) is 154 cm³/mol. The van der Waals surface area contributed by atoms with Crippen molar-refractivity contribution in [3.05, 3.63) is 23.3 Å². The molecule has 3 aliphatic carbocycles. The summed E-state index contributed by atoms with van der Waals surface area (Å²) in [6.45, 7) is 7.05. The van der Waals surface area contributed by atoms with Gasteiger partial charge in [0.1, 0.15) is 12.7 Å². The van der Waals surface area contributed by atoms with Crippen LogP contribution in [0.5, 0.6) is 11.5 Å². The number of rotatable bonds is 18. The Balaban J connectivity index is 0.988. The molecule has 0 radical (unpaired) electrons. The number of piperidine rings is 1. The second kappa shape index (κ2) is 13.6. The number of likely N-dealkylation sites (tertiary alicyclic amines) is 1. The molecule has 2 aliphatic heterocycles. The summed E-state index contributed by atoms with van der Waals surface area (Å²) in [5.41, 5.74) is 0.839. The third-order valence-electron chi connectivity index (χ3n) is 10.3. The standard InChI is InChI=1S/C32H49NO9/c1-36-11-12-37-13-14-38-15-16-39-17-18-40-19-20-41-26-6-5-24-21-27-32(35)8-7-25(34)30-31(32,28(24)29(26)42-30)9-10-33(27)22-23-3-2-4-23/h5-6,23,25,27,30,34-35H,2-4,7-22H2,1H3/t25-,27+,30-,31-,32+/m0/s1. The second-order valence-electron chi connectivity index (χ2n) is 12.5. The van der Waals surface area contributed by atoms with Gasteiger partial charge in [-0.15, -0.1) is 0 Å². The lowest BCUT2D eigenvalue weighted by molar-refractivity contribution is -0.209. The first-order valence-electron chi connectivity index (χ1n) is 16.0. The summed E-state index contributed by atoms with van der Waals surface area (Å²) in [7, 11) is 1.65. The zero-order valence-corrected chi connectivity index (χ0v) is 25.1. The van der Waals surface area contributed by atoms with Gasteiger partial charge >= 0.3 is 0 Å². The summed E-state index contributed by atoms with van der Waals surface area (Å²) in [6, 6.07) is 4.22. The highest BCUT2D eigenvalue weighted by Gasteiger charge is 2.72. The molecule has 2 bridgehead atoms. The van der Waals surface area contributed by atoms with E-state index in [1.54, 1.807) is 7.11 Å². The predicted octanol–water partition coefficient (Wildman–Crippen LogP) is 2.09. The van der Waals surface area contributed by atoms with Crippen molar-refractivity contribution >= 4 is 0 Å². The van der Waals surface area contributed by atoms with E-state index in [1.807, 2.05) is 6.07 Å². The van der Waals surface area contributed by atoms with Gasteiger partial charge in [-0.3, -0.25) is 4.90 Å². The van der Waals surface area contributed by atoms with Crippen molar-refractivity contribution in [1.29, 1.82) is 0 Å². The van der Waals surface area contributed by atoms with Crippen LogP contribution in [0.4, 0.5) is 0 Å². The third kappa shape index (κ3) is 5.70. The Kier molecular flexibility index (Phi) is 9.92. The molecular formula is C32H49NO9. The average molecular weight is 592 g/mol. The molecule has 1 aromatic carbocycles. The van der Waals surface area contributed by atoms with Crippen LogP contribution in [0.3, 0.4) is 0 Å². The van der Waals surface area contributed by atoms with Crippen molar-refractivity contribution in [1.82, 2.24) is 4.90 Å². The molecule has 10 heteroatoms. The Morgan fingerprint density at radius 2 is 1.55 bits per heavy atom. The number of hydrogen-bond acceptors (Lipinski definition) is 10. The summed E-state index contributed by atoms with van der Waals surface area (Å²) >= 11 is 0. The van der Waals surface area contributed by atoms with Gasteiger partial charge in [-0.2, -0.15) is 0 Å². The van der Waals surface area contributed by atoms with Crippen LogP contribution in [-0.2, 0) is 35.5 Å². The summed E-state index contributed by atoms with van der Waals surface area (Å²) in [5.74, 6) is 2.14. The summed E-state index contributed by atoms with van der Waals surface area (Å²) < 4.78 is 39.7. The number of ether oxygens (including phenoxy) is 7. The Bertz CT molecular complexity index is 1040. The molecule has 3 fully saturated rings. The summed E-state index contributed by atoms with van der Waals surface area (Å²) in [5, 5.41) is 23.6. The van der Waals surface area contributed by atoms with Crippen LogP contribution in [0.2, 0.25) is 0 Å². The van der Waals surface area contributed by atoms with Crippen molar-refractivity contribution in [2.75, 3.05) is 86.3 Å². The number of methoxy groups -OCH3 is 1. The number of nitrogens with zero attached hydrogens (tertiary/aromatic N) is 1. The number of benzene rings is 1. The fourth-order valence-electron chi connectivity index (χ4n) is 8.05. The minimum Gasteiger partial charge on any atom is -0.487 e. The van der Waals surface area contributed by atoms with Gasteiger partial charge in [-0.1, -0.05) is 12.5 Å². The highest BCUT2D eigenvalue weighted by molar-refractivity contribution is 5.63. The molecule has 6 rings (SSSR count). The van der Waals surface area contributed by atoms with Gasteiger partial charge in [0.25, 0.3) is 0 Å². The molecule has 0 unspecified atom stereocenters. The highest BCUT2D eigenvalue weighted by Crippen LogP contribution is 2.65. The molecule has 2 N–H and O–H groups in total. The van der Waals surface area contributed by atoms with E-state index < -0.39 is 23.2 Å². The van der Waals surface area contributed by atoms with Gasteiger partial charge in [-0.05, 0) is 62.6 Å². The van der Waals surface area contributed by atoms with E-state index in [0.29, 0.717) is 84.7 Å². The largest absolute Gasteiger partial charge is 0.487 e. The van der Waals surface area contributed by atoms with Gasteiger partial charge in [0, 0.05) is 25.3 Å². The molecule has 1 spiro atoms. The van der Waals surface area contributed by atoms with E-state index >= 15 is 0 Å². The fourth-order valence-corrected chi connectivity index (χ4v) is 8.05. The Morgan fingerprint density at radius 3 is 2.19 bits per heavy atom. The van der Waals surface area contributed by atoms with E-state index in [0.717, 1.165) is 43.2 Å². The van der Waals surface area contributed by atoms with Crippen molar-refractivity contribution in [2.24, 2.45) is 5.92 Å². The molecule has 1 saturated heterocycles. The maximum atomic E-state index is 12.5. The van der Waals surface area contributed by atoms with Crippen molar-refractivity contribution in [3.8, 4) is 11.5 Å². The molecule has 0 amide bonds. The second-order valence-corrected chi connectivity index (χ2v) is 12.5. The monoisotopic (exact) mass is 591 g/mol. The van der Waals surface area contributed by atoms with Crippen LogP contribution in [0.25, 0.3) is 0 Å². The van der Waals surface area contributed by atoms with E-state index in [9.17, 15) is 10.2 Å². The Morgan fingerprint density at radius 1 is 0.881 bits per heavy atom. The normalized spacial score (nSPS) is 31.5.